The van der Waals surface area contributed by atoms with Crippen LogP contribution < -0.4 is 10.9 Å². The van der Waals surface area contributed by atoms with E-state index < -0.39 is 0 Å². The second-order valence-electron chi connectivity index (χ2n) is 7.19. The van der Waals surface area contributed by atoms with Crippen LogP contribution in [0.25, 0.3) is 10.9 Å². The molecule has 3 aromatic carbocycles. The van der Waals surface area contributed by atoms with E-state index in [1.54, 1.807) is 34.9 Å². The molecule has 1 aromatic heterocycles. The number of amides is 1. The van der Waals surface area contributed by atoms with Gasteiger partial charge in [-0.2, -0.15) is 0 Å². The first-order valence-electron chi connectivity index (χ1n) is 9.85. The molecule has 31 heavy (non-hydrogen) atoms. The molecule has 0 radical (unpaired) electrons. The normalized spacial score (nSPS) is 10.9. The molecule has 4 rings (SSSR count). The van der Waals surface area contributed by atoms with Gasteiger partial charge in [-0.25, -0.2) is 4.39 Å². The summed E-state index contributed by atoms with van der Waals surface area (Å²) in [5.41, 5.74) is 2.64. The summed E-state index contributed by atoms with van der Waals surface area (Å²) in [4.78, 5) is 28.5. The summed E-state index contributed by atoms with van der Waals surface area (Å²) in [6.07, 6.45) is 0.688. The molecule has 4 aromatic rings. The first-order valence-corrected chi connectivity index (χ1v) is 10.3. The van der Waals surface area contributed by atoms with Crippen LogP contribution in [0.4, 0.5) is 4.39 Å². The molecule has 0 saturated carbocycles. The molecule has 156 valence electrons. The van der Waals surface area contributed by atoms with Crippen molar-refractivity contribution in [3.63, 3.8) is 0 Å². The highest BCUT2D eigenvalue weighted by Crippen LogP contribution is 2.12. The highest BCUT2D eigenvalue weighted by Gasteiger charge is 2.11. The van der Waals surface area contributed by atoms with Gasteiger partial charge in [0.05, 0.1) is 10.9 Å². The fourth-order valence-electron chi connectivity index (χ4n) is 3.37. The standard InChI is InChI=1S/C24H20FN3O2S/c25-19-9-6-17(7-10-19)15-26-22(29)18-8-11-20-21(14-18)27-24(31)28(23(20)30)13-12-16-4-2-1-3-5-16/h1-11,14H,12-13,15H2,(H,26,29)(H,27,31). The van der Waals surface area contributed by atoms with Crippen molar-refractivity contribution in [2.45, 2.75) is 19.5 Å². The highest BCUT2D eigenvalue weighted by atomic mass is 32.1. The van der Waals surface area contributed by atoms with Gasteiger partial charge in [-0.1, -0.05) is 42.5 Å². The lowest BCUT2D eigenvalue weighted by Gasteiger charge is -2.10. The highest BCUT2D eigenvalue weighted by molar-refractivity contribution is 7.71. The van der Waals surface area contributed by atoms with E-state index in [9.17, 15) is 14.0 Å². The number of nitrogens with one attached hydrogen (secondary N) is 2. The summed E-state index contributed by atoms with van der Waals surface area (Å²) in [6, 6.07) is 20.7. The van der Waals surface area contributed by atoms with Crippen LogP contribution in [0.1, 0.15) is 21.5 Å². The second-order valence-corrected chi connectivity index (χ2v) is 7.58. The molecule has 0 saturated heterocycles. The predicted molar refractivity (Wildman–Crippen MR) is 121 cm³/mol. The Morgan fingerprint density at radius 1 is 1.00 bits per heavy atom. The van der Waals surface area contributed by atoms with Crippen LogP contribution in [0.15, 0.2) is 77.6 Å². The molecule has 0 fully saturated rings. The number of H-pyrrole nitrogens is 1. The number of aromatic nitrogens is 2. The van der Waals surface area contributed by atoms with Crippen molar-refractivity contribution in [1.29, 1.82) is 0 Å². The largest absolute Gasteiger partial charge is 0.348 e. The zero-order chi connectivity index (χ0) is 21.8. The van der Waals surface area contributed by atoms with Gasteiger partial charge in [0.1, 0.15) is 5.82 Å². The van der Waals surface area contributed by atoms with E-state index in [0.717, 1.165) is 11.1 Å². The van der Waals surface area contributed by atoms with Gasteiger partial charge in [0, 0.05) is 18.7 Å². The quantitative estimate of drug-likeness (QED) is 0.444. The van der Waals surface area contributed by atoms with Crippen LogP contribution in [0.3, 0.4) is 0 Å². The molecule has 0 atom stereocenters. The van der Waals surface area contributed by atoms with Crippen molar-refractivity contribution in [1.82, 2.24) is 14.9 Å². The van der Waals surface area contributed by atoms with Gasteiger partial charge in [-0.3, -0.25) is 14.2 Å². The number of aromatic amines is 1. The predicted octanol–water partition coefficient (Wildman–Crippen LogP) is 4.37. The number of hydrogen-bond acceptors (Lipinski definition) is 3. The van der Waals surface area contributed by atoms with Crippen molar-refractivity contribution in [3.05, 3.63) is 110 Å². The van der Waals surface area contributed by atoms with Gasteiger partial charge in [-0.15, -0.1) is 0 Å². The third kappa shape index (κ3) is 4.78. The number of carbonyl (C=O) groups is 1. The Balaban J connectivity index is 1.53. The minimum absolute atomic E-state index is 0.187. The minimum atomic E-state index is -0.325. The molecule has 1 heterocycles. The van der Waals surface area contributed by atoms with Crippen LogP contribution in [0, 0.1) is 10.6 Å². The molecule has 0 spiro atoms. The van der Waals surface area contributed by atoms with Crippen molar-refractivity contribution in [3.8, 4) is 0 Å². The number of nitrogens with zero attached hydrogens (tertiary/aromatic N) is 1. The monoisotopic (exact) mass is 433 g/mol. The lowest BCUT2D eigenvalue weighted by molar-refractivity contribution is 0.0951. The SMILES string of the molecule is O=C(NCc1ccc(F)cc1)c1ccc2c(=O)n(CCc3ccccc3)c(=S)[nH]c2c1. The maximum Gasteiger partial charge on any atom is 0.262 e. The summed E-state index contributed by atoms with van der Waals surface area (Å²) >= 11 is 5.39. The van der Waals surface area contributed by atoms with Gasteiger partial charge in [0.2, 0.25) is 0 Å². The van der Waals surface area contributed by atoms with E-state index in [0.29, 0.717) is 34.2 Å². The molecule has 1 amide bonds. The van der Waals surface area contributed by atoms with E-state index in [1.807, 2.05) is 30.3 Å². The number of benzene rings is 3. The van der Waals surface area contributed by atoms with Crippen LogP contribution in [-0.4, -0.2) is 15.5 Å². The Morgan fingerprint density at radius 3 is 2.48 bits per heavy atom. The summed E-state index contributed by atoms with van der Waals surface area (Å²) in [7, 11) is 0. The molecule has 0 aliphatic carbocycles. The van der Waals surface area contributed by atoms with E-state index in [-0.39, 0.29) is 23.8 Å². The summed E-state index contributed by atoms with van der Waals surface area (Å²) in [6.45, 7) is 0.738. The van der Waals surface area contributed by atoms with E-state index >= 15 is 0 Å². The van der Waals surface area contributed by atoms with Crippen LogP contribution in [0.2, 0.25) is 0 Å². The Hall–Kier alpha value is -3.58. The number of hydrogen-bond donors (Lipinski definition) is 2. The number of rotatable bonds is 6. The topological polar surface area (TPSA) is 66.9 Å². The van der Waals surface area contributed by atoms with Gasteiger partial charge in [0.15, 0.2) is 4.77 Å². The van der Waals surface area contributed by atoms with E-state index in [1.165, 1.54) is 12.1 Å². The summed E-state index contributed by atoms with van der Waals surface area (Å²) in [5, 5.41) is 3.26. The Kier molecular flexibility index (Phi) is 6.04. The Labute approximate surface area is 183 Å². The summed E-state index contributed by atoms with van der Waals surface area (Å²) in [5.74, 6) is -0.618. The molecule has 0 bridgehead atoms. The minimum Gasteiger partial charge on any atom is -0.348 e. The first kappa shape index (κ1) is 20.7. The van der Waals surface area contributed by atoms with Gasteiger partial charge >= 0.3 is 0 Å². The number of fused-ring (bicyclic) bond motifs is 1. The lowest BCUT2D eigenvalue weighted by atomic mass is 10.1. The molecular weight excluding hydrogens is 413 g/mol. The average Bonchev–Trinajstić information content (AvgIpc) is 2.78. The maximum atomic E-state index is 13.0. The molecule has 0 aliphatic heterocycles. The maximum absolute atomic E-state index is 13.0. The molecule has 0 unspecified atom stereocenters. The zero-order valence-electron chi connectivity index (χ0n) is 16.6. The summed E-state index contributed by atoms with van der Waals surface area (Å²) < 4.78 is 14.9. The molecular formula is C24H20FN3O2S. The van der Waals surface area contributed by atoms with Gasteiger partial charge in [-0.05, 0) is 60.1 Å². The van der Waals surface area contributed by atoms with E-state index in [4.69, 9.17) is 12.2 Å². The average molecular weight is 434 g/mol. The third-order valence-electron chi connectivity index (χ3n) is 5.08. The second kappa shape index (κ2) is 9.06. The smallest absolute Gasteiger partial charge is 0.262 e. The van der Waals surface area contributed by atoms with Crippen LogP contribution in [0.5, 0.6) is 0 Å². The molecule has 0 aliphatic rings. The van der Waals surface area contributed by atoms with Gasteiger partial charge in [0.25, 0.3) is 11.5 Å². The van der Waals surface area contributed by atoms with Gasteiger partial charge < -0.3 is 10.3 Å². The number of aryl methyl sites for hydroxylation is 1. The van der Waals surface area contributed by atoms with Crippen LogP contribution in [-0.2, 0) is 19.5 Å². The number of halogens is 1. The molecule has 2 N–H and O–H groups in total. The fourth-order valence-corrected chi connectivity index (χ4v) is 3.66. The number of carbonyl (C=O) groups excluding carboxylic acids is 1. The van der Waals surface area contributed by atoms with Crippen molar-refractivity contribution in [2.75, 3.05) is 0 Å². The first-order chi connectivity index (χ1) is 15.0. The fraction of sp³-hybridized carbons (Fsp3) is 0.125. The van der Waals surface area contributed by atoms with Crippen molar-refractivity contribution in [2.24, 2.45) is 0 Å². The zero-order valence-corrected chi connectivity index (χ0v) is 17.4. The van der Waals surface area contributed by atoms with Crippen LogP contribution >= 0.6 is 12.2 Å². The third-order valence-corrected chi connectivity index (χ3v) is 5.40. The molecule has 5 nitrogen and oxygen atoms in total. The molecule has 7 heteroatoms. The van der Waals surface area contributed by atoms with Crippen molar-refractivity contribution >= 4 is 29.0 Å². The van der Waals surface area contributed by atoms with Crippen molar-refractivity contribution < 1.29 is 9.18 Å². The Bertz CT molecular complexity index is 1350. The Morgan fingerprint density at radius 2 is 1.74 bits per heavy atom. The van der Waals surface area contributed by atoms with E-state index in [2.05, 4.69) is 10.3 Å². The lowest BCUT2D eigenvalue weighted by Crippen LogP contribution is -2.25.